The number of carboxylic acids is 1. The van der Waals surface area contributed by atoms with Gasteiger partial charge in [-0.2, -0.15) is 0 Å². The third kappa shape index (κ3) is 3.73. The second-order valence-corrected chi connectivity index (χ2v) is 4.79. The second kappa shape index (κ2) is 6.28. The highest BCUT2D eigenvalue weighted by molar-refractivity contribution is 6.31. The minimum absolute atomic E-state index is 0.0722. The maximum Gasteiger partial charge on any atom is 0.335 e. The number of aromatic hydroxyl groups is 1. The van der Waals surface area contributed by atoms with Gasteiger partial charge in [-0.15, -0.1) is 0 Å². The maximum absolute atomic E-state index is 12.0. The number of carboxylic acid groups (broad SMARTS) is 1. The summed E-state index contributed by atoms with van der Waals surface area (Å²) in [5, 5.41) is 21.6. The van der Waals surface area contributed by atoms with Crippen LogP contribution in [0.4, 0.5) is 5.69 Å². The minimum atomic E-state index is -1.09. The number of carbonyl (C=O) groups excluding carboxylic acids is 1. The third-order valence-electron chi connectivity index (χ3n) is 2.83. The Morgan fingerprint density at radius 3 is 2.57 bits per heavy atom. The lowest BCUT2D eigenvalue weighted by molar-refractivity contribution is -0.115. The van der Waals surface area contributed by atoms with E-state index in [1.165, 1.54) is 24.3 Å². The van der Waals surface area contributed by atoms with Crippen molar-refractivity contribution in [3.63, 3.8) is 0 Å². The monoisotopic (exact) mass is 305 g/mol. The average molecular weight is 306 g/mol. The molecule has 0 bridgehead atoms. The van der Waals surface area contributed by atoms with Crippen molar-refractivity contribution in [3.05, 3.63) is 58.6 Å². The minimum Gasteiger partial charge on any atom is -0.506 e. The normalized spacial score (nSPS) is 10.1. The first-order valence-electron chi connectivity index (χ1n) is 6.07. The molecule has 5 nitrogen and oxygen atoms in total. The van der Waals surface area contributed by atoms with Crippen LogP contribution in [0.15, 0.2) is 42.5 Å². The van der Waals surface area contributed by atoms with Crippen molar-refractivity contribution in [1.29, 1.82) is 0 Å². The molecule has 0 unspecified atom stereocenters. The molecule has 2 aromatic carbocycles. The highest BCUT2D eigenvalue weighted by Gasteiger charge is 2.13. The Morgan fingerprint density at radius 2 is 1.86 bits per heavy atom. The molecule has 21 heavy (non-hydrogen) atoms. The highest BCUT2D eigenvalue weighted by Crippen LogP contribution is 2.26. The molecule has 2 aromatic rings. The highest BCUT2D eigenvalue weighted by atomic mass is 35.5. The van der Waals surface area contributed by atoms with E-state index in [4.69, 9.17) is 16.7 Å². The Hall–Kier alpha value is -2.53. The predicted octanol–water partition coefficient (Wildman–Crippen LogP) is 2.93. The molecule has 0 fully saturated rings. The van der Waals surface area contributed by atoms with Crippen LogP contribution in [0.5, 0.6) is 5.75 Å². The van der Waals surface area contributed by atoms with Gasteiger partial charge >= 0.3 is 5.97 Å². The van der Waals surface area contributed by atoms with Crippen molar-refractivity contribution < 1.29 is 19.8 Å². The molecule has 0 radical (unpaired) electrons. The maximum atomic E-state index is 12.0. The van der Waals surface area contributed by atoms with E-state index in [-0.39, 0.29) is 23.4 Å². The molecule has 0 spiro atoms. The number of carbonyl (C=O) groups is 2. The van der Waals surface area contributed by atoms with Gasteiger partial charge in [-0.3, -0.25) is 4.79 Å². The molecule has 0 saturated carbocycles. The summed E-state index contributed by atoms with van der Waals surface area (Å²) < 4.78 is 0. The zero-order valence-corrected chi connectivity index (χ0v) is 11.6. The number of hydrogen-bond acceptors (Lipinski definition) is 3. The summed E-state index contributed by atoms with van der Waals surface area (Å²) in [4.78, 5) is 23.0. The van der Waals surface area contributed by atoms with Gasteiger partial charge in [0.15, 0.2) is 0 Å². The fourth-order valence-corrected chi connectivity index (χ4v) is 2.03. The van der Waals surface area contributed by atoms with E-state index in [9.17, 15) is 14.7 Å². The van der Waals surface area contributed by atoms with Gasteiger partial charge in [-0.05, 0) is 29.8 Å². The number of benzene rings is 2. The van der Waals surface area contributed by atoms with Crippen molar-refractivity contribution in [2.24, 2.45) is 0 Å². The lowest BCUT2D eigenvalue weighted by atomic mass is 10.0. The number of amides is 1. The molecule has 0 aromatic heterocycles. The fraction of sp³-hybridized carbons (Fsp3) is 0.0667. The van der Waals surface area contributed by atoms with Gasteiger partial charge in [0.1, 0.15) is 5.75 Å². The number of aromatic carboxylic acids is 1. The molecule has 1 amide bonds. The van der Waals surface area contributed by atoms with E-state index in [1.54, 1.807) is 18.2 Å². The molecule has 3 N–H and O–H groups in total. The van der Waals surface area contributed by atoms with Crippen molar-refractivity contribution in [2.75, 3.05) is 5.32 Å². The van der Waals surface area contributed by atoms with Crippen LogP contribution >= 0.6 is 11.6 Å². The van der Waals surface area contributed by atoms with Gasteiger partial charge < -0.3 is 15.5 Å². The van der Waals surface area contributed by atoms with Crippen LogP contribution in [0.1, 0.15) is 15.9 Å². The molecule has 2 rings (SSSR count). The summed E-state index contributed by atoms with van der Waals surface area (Å²) in [5.41, 5.74) is 0.646. The standard InChI is InChI=1S/C15H12ClNO4/c16-10-5-6-13(18)12(8-10)17-14(19)7-9-3-1-2-4-11(9)15(20)21/h1-6,8,18H,7H2,(H,17,19)(H,20,21). The molecular formula is C15H12ClNO4. The summed E-state index contributed by atoms with van der Waals surface area (Å²) in [5.74, 6) is -1.65. The Labute approximate surface area is 125 Å². The average Bonchev–Trinajstić information content (AvgIpc) is 2.43. The van der Waals surface area contributed by atoms with E-state index in [0.29, 0.717) is 10.6 Å². The molecule has 0 aliphatic rings. The van der Waals surface area contributed by atoms with Crippen molar-refractivity contribution in [2.45, 2.75) is 6.42 Å². The fourth-order valence-electron chi connectivity index (χ4n) is 1.86. The Bertz CT molecular complexity index is 700. The molecule has 108 valence electrons. The molecule has 0 atom stereocenters. The van der Waals surface area contributed by atoms with E-state index in [0.717, 1.165) is 0 Å². The van der Waals surface area contributed by atoms with Crippen LogP contribution < -0.4 is 5.32 Å². The molecule has 0 heterocycles. The first kappa shape index (κ1) is 14.9. The van der Waals surface area contributed by atoms with Crippen LogP contribution in [0, 0.1) is 0 Å². The Kier molecular flexibility index (Phi) is 4.45. The van der Waals surface area contributed by atoms with Gasteiger partial charge in [0.05, 0.1) is 17.7 Å². The van der Waals surface area contributed by atoms with Gasteiger partial charge in [-0.1, -0.05) is 29.8 Å². The molecule has 0 saturated heterocycles. The second-order valence-electron chi connectivity index (χ2n) is 4.35. The molecular weight excluding hydrogens is 294 g/mol. The van der Waals surface area contributed by atoms with Crippen LogP contribution in [-0.4, -0.2) is 22.1 Å². The van der Waals surface area contributed by atoms with E-state index < -0.39 is 11.9 Å². The van der Waals surface area contributed by atoms with Crippen LogP contribution in [-0.2, 0) is 11.2 Å². The Morgan fingerprint density at radius 1 is 1.14 bits per heavy atom. The largest absolute Gasteiger partial charge is 0.506 e. The lowest BCUT2D eigenvalue weighted by Crippen LogP contribution is -2.16. The van der Waals surface area contributed by atoms with Crippen LogP contribution in [0.25, 0.3) is 0 Å². The summed E-state index contributed by atoms with van der Waals surface area (Å²) >= 11 is 5.79. The zero-order chi connectivity index (χ0) is 15.4. The van der Waals surface area contributed by atoms with Crippen molar-refractivity contribution >= 4 is 29.2 Å². The van der Waals surface area contributed by atoms with Crippen molar-refractivity contribution in [1.82, 2.24) is 0 Å². The predicted molar refractivity (Wildman–Crippen MR) is 78.9 cm³/mol. The number of anilines is 1. The number of halogens is 1. The number of phenols is 1. The summed E-state index contributed by atoms with van der Waals surface area (Å²) in [6, 6.07) is 10.5. The first-order valence-corrected chi connectivity index (χ1v) is 6.44. The van der Waals surface area contributed by atoms with Gasteiger partial charge in [-0.25, -0.2) is 4.79 Å². The number of hydrogen-bond donors (Lipinski definition) is 3. The first-order chi connectivity index (χ1) is 9.97. The van der Waals surface area contributed by atoms with Crippen molar-refractivity contribution in [3.8, 4) is 5.75 Å². The van der Waals surface area contributed by atoms with Crippen LogP contribution in [0.2, 0.25) is 5.02 Å². The number of phenolic OH excluding ortho intramolecular Hbond substituents is 1. The van der Waals surface area contributed by atoms with E-state index >= 15 is 0 Å². The lowest BCUT2D eigenvalue weighted by Gasteiger charge is -2.09. The van der Waals surface area contributed by atoms with Gasteiger partial charge in [0, 0.05) is 5.02 Å². The third-order valence-corrected chi connectivity index (χ3v) is 3.07. The van der Waals surface area contributed by atoms with E-state index in [1.807, 2.05) is 0 Å². The van der Waals surface area contributed by atoms with Gasteiger partial charge in [0.2, 0.25) is 5.91 Å². The topological polar surface area (TPSA) is 86.6 Å². The summed E-state index contributed by atoms with van der Waals surface area (Å²) in [6.45, 7) is 0. The molecule has 0 aliphatic carbocycles. The summed E-state index contributed by atoms with van der Waals surface area (Å²) in [7, 11) is 0. The smallest absolute Gasteiger partial charge is 0.335 e. The number of rotatable bonds is 4. The zero-order valence-electron chi connectivity index (χ0n) is 10.8. The Balaban J connectivity index is 2.16. The van der Waals surface area contributed by atoms with Gasteiger partial charge in [0.25, 0.3) is 0 Å². The summed E-state index contributed by atoms with van der Waals surface area (Å²) in [6.07, 6.45) is -0.117. The number of nitrogens with one attached hydrogen (secondary N) is 1. The molecule has 0 aliphatic heterocycles. The molecule has 6 heteroatoms. The van der Waals surface area contributed by atoms with E-state index in [2.05, 4.69) is 5.32 Å². The quantitative estimate of drug-likeness (QED) is 0.758. The van der Waals surface area contributed by atoms with Crippen LogP contribution in [0.3, 0.4) is 0 Å². The SMILES string of the molecule is O=C(Cc1ccccc1C(=O)O)Nc1cc(Cl)ccc1O.